The van der Waals surface area contributed by atoms with Crippen LogP contribution in [0.15, 0.2) is 24.3 Å². The van der Waals surface area contributed by atoms with E-state index in [1.165, 1.54) is 9.58 Å². The molecule has 0 aliphatic carbocycles. The van der Waals surface area contributed by atoms with Crippen molar-refractivity contribution >= 4 is 11.8 Å². The van der Waals surface area contributed by atoms with Crippen molar-refractivity contribution in [2.45, 2.75) is 13.0 Å². The van der Waals surface area contributed by atoms with Crippen molar-refractivity contribution < 1.29 is 14.3 Å². The average molecular weight is 332 g/mol. The van der Waals surface area contributed by atoms with Gasteiger partial charge in [0.25, 0.3) is 11.8 Å². The molecule has 0 aliphatic rings. The van der Waals surface area contributed by atoms with Gasteiger partial charge in [-0.15, -0.1) is 5.10 Å². The van der Waals surface area contributed by atoms with E-state index in [0.29, 0.717) is 17.1 Å². The molecular weight excluding hydrogens is 312 g/mol. The average Bonchev–Trinajstić information content (AvgIpc) is 2.98. The van der Waals surface area contributed by atoms with E-state index in [0.717, 1.165) is 0 Å². The summed E-state index contributed by atoms with van der Waals surface area (Å²) in [5.41, 5.74) is 0.423. The van der Waals surface area contributed by atoms with Crippen molar-refractivity contribution in [3.8, 4) is 5.75 Å². The highest BCUT2D eigenvalue weighted by Gasteiger charge is 2.16. The number of ether oxygens (including phenoxy) is 1. The Hall–Kier alpha value is -2.97. The zero-order valence-corrected chi connectivity index (χ0v) is 14.1. The van der Waals surface area contributed by atoms with E-state index < -0.39 is 0 Å². The number of nitrogens with one attached hydrogen (secondary N) is 1. The molecule has 0 spiro atoms. The first-order valence-corrected chi connectivity index (χ1v) is 7.34. The monoisotopic (exact) mass is 332 g/mol. The maximum atomic E-state index is 12.3. The number of benzene rings is 1. The van der Waals surface area contributed by atoms with E-state index in [1.807, 2.05) is 0 Å². The Balaban J connectivity index is 2.01. The fraction of sp³-hybridized carbons (Fsp3) is 0.400. The summed E-state index contributed by atoms with van der Waals surface area (Å²) >= 11 is 0. The zero-order chi connectivity index (χ0) is 17.7. The highest BCUT2D eigenvalue weighted by atomic mass is 16.5. The summed E-state index contributed by atoms with van der Waals surface area (Å²) in [5, 5.41) is 14.0. The summed E-state index contributed by atoms with van der Waals surface area (Å²) in [6.07, 6.45) is 0. The number of amides is 2. The molecule has 0 fully saturated rings. The van der Waals surface area contributed by atoms with Gasteiger partial charge in [-0.3, -0.25) is 9.59 Å². The van der Waals surface area contributed by atoms with Crippen LogP contribution in [0.5, 0.6) is 5.75 Å². The van der Waals surface area contributed by atoms with Crippen LogP contribution in [0.2, 0.25) is 0 Å². The van der Waals surface area contributed by atoms with Gasteiger partial charge in [-0.1, -0.05) is 6.07 Å². The van der Waals surface area contributed by atoms with Crippen molar-refractivity contribution in [1.82, 2.24) is 30.4 Å². The molecule has 2 rings (SSSR count). The lowest BCUT2D eigenvalue weighted by molar-refractivity contribution is -0.130. The minimum Gasteiger partial charge on any atom is -0.484 e. The lowest BCUT2D eigenvalue weighted by atomic mass is 10.2. The maximum Gasteiger partial charge on any atom is 0.259 e. The Bertz CT molecular complexity index is 728. The molecule has 1 heterocycles. The summed E-state index contributed by atoms with van der Waals surface area (Å²) < 4.78 is 6.91. The first-order chi connectivity index (χ1) is 11.4. The normalized spacial score (nSPS) is 11.7. The van der Waals surface area contributed by atoms with E-state index >= 15 is 0 Å². The SMILES string of the molecule is C[C@H](NC(=O)c1cccc(OCC(=O)N(C)C)c1)c1nnnn1C. The molecule has 0 bridgehead atoms. The van der Waals surface area contributed by atoms with Crippen LogP contribution in [0.3, 0.4) is 0 Å². The van der Waals surface area contributed by atoms with Gasteiger partial charge in [0.15, 0.2) is 12.4 Å². The predicted octanol–water partition coefficient (Wildman–Crippen LogP) is 0.168. The van der Waals surface area contributed by atoms with Crippen molar-refractivity contribution in [2.75, 3.05) is 20.7 Å². The largest absolute Gasteiger partial charge is 0.484 e. The molecule has 0 unspecified atom stereocenters. The zero-order valence-electron chi connectivity index (χ0n) is 14.1. The molecule has 0 aliphatic heterocycles. The van der Waals surface area contributed by atoms with Crippen LogP contribution in [0.1, 0.15) is 29.1 Å². The third-order valence-corrected chi connectivity index (χ3v) is 3.35. The van der Waals surface area contributed by atoms with E-state index in [2.05, 4.69) is 20.8 Å². The molecule has 128 valence electrons. The summed E-state index contributed by atoms with van der Waals surface area (Å²) in [6.45, 7) is 1.71. The minimum absolute atomic E-state index is 0.0842. The maximum absolute atomic E-state index is 12.3. The number of aryl methyl sites for hydroxylation is 1. The first kappa shape index (κ1) is 17.4. The van der Waals surface area contributed by atoms with Crippen LogP contribution < -0.4 is 10.1 Å². The predicted molar refractivity (Wildman–Crippen MR) is 85.3 cm³/mol. The van der Waals surface area contributed by atoms with Gasteiger partial charge in [0, 0.05) is 26.7 Å². The third-order valence-electron chi connectivity index (χ3n) is 3.35. The molecule has 0 saturated carbocycles. The Morgan fingerprint density at radius 2 is 2.12 bits per heavy atom. The minimum atomic E-state index is -0.350. The molecule has 1 aromatic heterocycles. The van der Waals surface area contributed by atoms with Gasteiger partial charge in [0.2, 0.25) is 0 Å². The summed E-state index contributed by atoms with van der Waals surface area (Å²) in [6, 6.07) is 6.28. The number of likely N-dealkylation sites (N-methyl/N-ethyl adjacent to an activating group) is 1. The molecule has 0 radical (unpaired) electrons. The van der Waals surface area contributed by atoms with E-state index in [1.54, 1.807) is 52.3 Å². The summed E-state index contributed by atoms with van der Waals surface area (Å²) in [4.78, 5) is 25.3. The van der Waals surface area contributed by atoms with Gasteiger partial charge in [-0.25, -0.2) is 4.68 Å². The van der Waals surface area contributed by atoms with Crippen LogP contribution in [-0.2, 0) is 11.8 Å². The number of hydrogen-bond acceptors (Lipinski definition) is 6. The smallest absolute Gasteiger partial charge is 0.259 e. The fourth-order valence-electron chi connectivity index (χ4n) is 1.95. The van der Waals surface area contributed by atoms with Crippen molar-refractivity contribution in [1.29, 1.82) is 0 Å². The number of aromatic nitrogens is 4. The molecule has 1 N–H and O–H groups in total. The quantitative estimate of drug-likeness (QED) is 0.809. The first-order valence-electron chi connectivity index (χ1n) is 7.34. The summed E-state index contributed by atoms with van der Waals surface area (Å²) in [5.74, 6) is 0.557. The molecule has 2 amide bonds. The van der Waals surface area contributed by atoms with E-state index in [9.17, 15) is 9.59 Å². The number of carbonyl (C=O) groups excluding carboxylic acids is 2. The molecule has 24 heavy (non-hydrogen) atoms. The Kier molecular flexibility index (Phi) is 5.46. The number of hydrogen-bond donors (Lipinski definition) is 1. The van der Waals surface area contributed by atoms with Crippen LogP contribution in [0.4, 0.5) is 0 Å². The van der Waals surface area contributed by atoms with Crippen molar-refractivity contribution in [2.24, 2.45) is 7.05 Å². The third kappa shape index (κ3) is 4.28. The number of rotatable bonds is 6. The van der Waals surface area contributed by atoms with Crippen LogP contribution in [-0.4, -0.2) is 57.6 Å². The molecule has 9 heteroatoms. The van der Waals surface area contributed by atoms with Gasteiger partial charge in [0.05, 0.1) is 6.04 Å². The van der Waals surface area contributed by atoms with Gasteiger partial charge < -0.3 is 15.0 Å². The van der Waals surface area contributed by atoms with Crippen molar-refractivity contribution in [3.63, 3.8) is 0 Å². The number of tetrazole rings is 1. The Labute approximate surface area is 139 Å². The second-order valence-electron chi connectivity index (χ2n) is 5.46. The number of carbonyl (C=O) groups is 2. The van der Waals surface area contributed by atoms with Gasteiger partial charge in [-0.2, -0.15) is 0 Å². The number of nitrogens with zero attached hydrogens (tertiary/aromatic N) is 5. The second kappa shape index (κ2) is 7.53. The Morgan fingerprint density at radius 3 is 2.75 bits per heavy atom. The topological polar surface area (TPSA) is 102 Å². The lowest BCUT2D eigenvalue weighted by Crippen LogP contribution is -2.29. The molecule has 1 aromatic carbocycles. The fourth-order valence-corrected chi connectivity index (χ4v) is 1.95. The molecule has 1 atom stereocenters. The summed E-state index contributed by atoms with van der Waals surface area (Å²) in [7, 11) is 5.00. The van der Waals surface area contributed by atoms with E-state index in [4.69, 9.17) is 4.74 Å². The molecule has 9 nitrogen and oxygen atoms in total. The standard InChI is InChI=1S/C15H20N6O3/c1-10(14-17-18-19-21(14)4)16-15(23)11-6-5-7-12(8-11)24-9-13(22)20(2)3/h5-8,10H,9H2,1-4H3,(H,16,23)/t10-/m0/s1. The van der Waals surface area contributed by atoms with Gasteiger partial charge >= 0.3 is 0 Å². The highest BCUT2D eigenvalue weighted by molar-refractivity contribution is 5.94. The van der Waals surface area contributed by atoms with Crippen molar-refractivity contribution in [3.05, 3.63) is 35.7 Å². The molecular formula is C15H20N6O3. The molecule has 2 aromatic rings. The van der Waals surface area contributed by atoms with Gasteiger partial charge in [-0.05, 0) is 35.5 Å². The highest BCUT2D eigenvalue weighted by Crippen LogP contribution is 2.15. The molecule has 0 saturated heterocycles. The van der Waals surface area contributed by atoms with Gasteiger partial charge in [0.1, 0.15) is 5.75 Å². The van der Waals surface area contributed by atoms with E-state index in [-0.39, 0.29) is 24.5 Å². The Morgan fingerprint density at radius 1 is 1.38 bits per heavy atom. The van der Waals surface area contributed by atoms with Crippen LogP contribution in [0.25, 0.3) is 0 Å². The van der Waals surface area contributed by atoms with Crippen LogP contribution in [0, 0.1) is 0 Å². The van der Waals surface area contributed by atoms with Crippen LogP contribution >= 0.6 is 0 Å². The lowest BCUT2D eigenvalue weighted by Gasteiger charge is -2.14. The second-order valence-corrected chi connectivity index (χ2v) is 5.46.